The lowest BCUT2D eigenvalue weighted by molar-refractivity contribution is 0.0844. The maximum atomic E-state index is 5.34. The number of hydrogen-bond donors (Lipinski definition) is 1. The van der Waals surface area contributed by atoms with Gasteiger partial charge < -0.3 is 10.1 Å². The molecule has 2 heterocycles. The molecule has 4 heteroatoms. The summed E-state index contributed by atoms with van der Waals surface area (Å²) in [6.45, 7) is 2.45. The smallest absolute Gasteiger partial charge is 0.142 e. The highest BCUT2D eigenvalue weighted by Gasteiger charge is 2.17. The lowest BCUT2D eigenvalue weighted by Crippen LogP contribution is -2.17. The summed E-state index contributed by atoms with van der Waals surface area (Å²) in [6.07, 6.45) is 4.01. The molecule has 0 aliphatic carbocycles. The van der Waals surface area contributed by atoms with E-state index in [2.05, 4.69) is 15.3 Å². The van der Waals surface area contributed by atoms with Gasteiger partial charge in [0.1, 0.15) is 5.82 Å². The molecule has 0 saturated carbocycles. The van der Waals surface area contributed by atoms with Crippen molar-refractivity contribution in [2.45, 2.75) is 25.3 Å². The molecule has 2 rings (SSSR count). The molecule has 82 valence electrons. The topological polar surface area (TPSA) is 47.0 Å². The summed E-state index contributed by atoms with van der Waals surface area (Å²) in [4.78, 5) is 8.78. The molecule has 1 N–H and O–H groups in total. The highest BCUT2D eigenvalue weighted by Crippen LogP contribution is 2.24. The maximum absolute atomic E-state index is 5.34. The van der Waals surface area contributed by atoms with Crippen molar-refractivity contribution < 1.29 is 4.74 Å². The van der Waals surface area contributed by atoms with Gasteiger partial charge >= 0.3 is 0 Å². The van der Waals surface area contributed by atoms with Crippen LogP contribution in [0, 0.1) is 0 Å². The fourth-order valence-corrected chi connectivity index (χ4v) is 1.88. The van der Waals surface area contributed by atoms with Gasteiger partial charge in [0.25, 0.3) is 0 Å². The molecule has 0 spiro atoms. The van der Waals surface area contributed by atoms with Crippen LogP contribution in [0.15, 0.2) is 12.3 Å². The Morgan fingerprint density at radius 1 is 1.47 bits per heavy atom. The Morgan fingerprint density at radius 2 is 2.27 bits per heavy atom. The molecule has 0 atom stereocenters. The van der Waals surface area contributed by atoms with Crippen LogP contribution in [0.2, 0.25) is 0 Å². The minimum Gasteiger partial charge on any atom is -0.381 e. The molecule has 0 bridgehead atoms. The first-order valence-corrected chi connectivity index (χ1v) is 5.44. The summed E-state index contributed by atoms with van der Waals surface area (Å²) < 4.78 is 5.34. The van der Waals surface area contributed by atoms with E-state index < -0.39 is 0 Å². The second kappa shape index (κ2) is 5.19. The minimum absolute atomic E-state index is 0.553. The number of aromatic nitrogens is 2. The normalized spacial score (nSPS) is 17.9. The van der Waals surface area contributed by atoms with Crippen LogP contribution < -0.4 is 5.32 Å². The quantitative estimate of drug-likeness (QED) is 0.806. The van der Waals surface area contributed by atoms with E-state index in [0.29, 0.717) is 5.92 Å². The van der Waals surface area contributed by atoms with Crippen LogP contribution in [0.25, 0.3) is 0 Å². The van der Waals surface area contributed by atoms with E-state index in [-0.39, 0.29) is 0 Å². The highest BCUT2D eigenvalue weighted by atomic mass is 16.5. The lowest BCUT2D eigenvalue weighted by Gasteiger charge is -2.21. The predicted molar refractivity (Wildman–Crippen MR) is 57.6 cm³/mol. The summed E-state index contributed by atoms with van der Waals surface area (Å²) in [7, 11) is 1.91. The summed E-state index contributed by atoms with van der Waals surface area (Å²) in [5, 5.41) is 3.06. The van der Waals surface area contributed by atoms with Gasteiger partial charge in [0, 0.05) is 31.0 Å². The van der Waals surface area contributed by atoms with E-state index >= 15 is 0 Å². The molecule has 1 saturated heterocycles. The van der Waals surface area contributed by atoms with Crippen LogP contribution in [0.3, 0.4) is 0 Å². The van der Waals surface area contributed by atoms with Crippen molar-refractivity contribution in [3.8, 4) is 0 Å². The Hall–Kier alpha value is -1.00. The molecular weight excluding hydrogens is 190 g/mol. The Morgan fingerprint density at radius 3 is 3.00 bits per heavy atom. The second-order valence-corrected chi connectivity index (χ2v) is 3.81. The first kappa shape index (κ1) is 10.5. The van der Waals surface area contributed by atoms with Gasteiger partial charge in [0.05, 0.1) is 6.54 Å². The standard InChI is InChI=1S/C11H17N3O/c1-12-8-11-13-5-2-10(14-11)9-3-6-15-7-4-9/h2,5,9,12H,3-4,6-8H2,1H3. The van der Waals surface area contributed by atoms with E-state index in [1.807, 2.05) is 19.3 Å². The molecule has 0 radical (unpaired) electrons. The van der Waals surface area contributed by atoms with Gasteiger partial charge in [-0.2, -0.15) is 0 Å². The minimum atomic E-state index is 0.553. The average Bonchev–Trinajstić information content (AvgIpc) is 2.31. The zero-order chi connectivity index (χ0) is 10.5. The Kier molecular flexibility index (Phi) is 3.64. The molecule has 1 aromatic rings. The van der Waals surface area contributed by atoms with Crippen molar-refractivity contribution in [3.63, 3.8) is 0 Å². The van der Waals surface area contributed by atoms with Gasteiger partial charge in [-0.25, -0.2) is 9.97 Å². The molecule has 0 aromatic carbocycles. The first-order valence-electron chi connectivity index (χ1n) is 5.44. The van der Waals surface area contributed by atoms with Crippen LogP contribution in [0.1, 0.15) is 30.3 Å². The van der Waals surface area contributed by atoms with E-state index in [1.54, 1.807) is 0 Å². The van der Waals surface area contributed by atoms with Crippen molar-refractivity contribution >= 4 is 0 Å². The van der Waals surface area contributed by atoms with E-state index in [4.69, 9.17) is 4.74 Å². The van der Waals surface area contributed by atoms with Crippen LogP contribution in [-0.2, 0) is 11.3 Å². The molecule has 15 heavy (non-hydrogen) atoms. The van der Waals surface area contributed by atoms with Crippen molar-refractivity contribution in [1.29, 1.82) is 0 Å². The van der Waals surface area contributed by atoms with Crippen molar-refractivity contribution in [2.24, 2.45) is 0 Å². The van der Waals surface area contributed by atoms with E-state index in [9.17, 15) is 0 Å². The van der Waals surface area contributed by atoms with E-state index in [0.717, 1.165) is 38.4 Å². The van der Waals surface area contributed by atoms with E-state index in [1.165, 1.54) is 5.69 Å². The third-order valence-electron chi connectivity index (χ3n) is 2.70. The van der Waals surface area contributed by atoms with Crippen molar-refractivity contribution in [3.05, 3.63) is 23.8 Å². The molecular formula is C11H17N3O. The van der Waals surface area contributed by atoms with Crippen molar-refractivity contribution in [2.75, 3.05) is 20.3 Å². The molecule has 4 nitrogen and oxygen atoms in total. The predicted octanol–water partition coefficient (Wildman–Crippen LogP) is 1.09. The summed E-state index contributed by atoms with van der Waals surface area (Å²) in [6, 6.07) is 2.02. The molecule has 1 aliphatic rings. The number of nitrogens with zero attached hydrogens (tertiary/aromatic N) is 2. The highest BCUT2D eigenvalue weighted by molar-refractivity contribution is 5.09. The molecule has 0 unspecified atom stereocenters. The fourth-order valence-electron chi connectivity index (χ4n) is 1.88. The van der Waals surface area contributed by atoms with Crippen LogP contribution in [0.4, 0.5) is 0 Å². The summed E-state index contributed by atoms with van der Waals surface area (Å²) in [5.74, 6) is 1.43. The zero-order valence-electron chi connectivity index (χ0n) is 9.07. The van der Waals surface area contributed by atoms with Crippen LogP contribution in [-0.4, -0.2) is 30.2 Å². The summed E-state index contributed by atoms with van der Waals surface area (Å²) >= 11 is 0. The van der Waals surface area contributed by atoms with Gasteiger partial charge in [-0.3, -0.25) is 0 Å². The molecule has 1 aliphatic heterocycles. The zero-order valence-corrected chi connectivity index (χ0v) is 9.07. The molecule has 1 aromatic heterocycles. The Balaban J connectivity index is 2.09. The van der Waals surface area contributed by atoms with Crippen LogP contribution in [0.5, 0.6) is 0 Å². The Labute approximate surface area is 90.1 Å². The lowest BCUT2D eigenvalue weighted by atomic mass is 9.96. The van der Waals surface area contributed by atoms with Gasteiger partial charge in [0.2, 0.25) is 0 Å². The Bertz CT molecular complexity index is 310. The average molecular weight is 207 g/mol. The van der Waals surface area contributed by atoms with Gasteiger partial charge in [-0.1, -0.05) is 0 Å². The second-order valence-electron chi connectivity index (χ2n) is 3.81. The molecule has 0 amide bonds. The van der Waals surface area contributed by atoms with Gasteiger partial charge in [0.15, 0.2) is 0 Å². The number of nitrogens with one attached hydrogen (secondary N) is 1. The van der Waals surface area contributed by atoms with Gasteiger partial charge in [-0.05, 0) is 26.0 Å². The SMILES string of the molecule is CNCc1nccc(C2CCOCC2)n1. The molecule has 1 fully saturated rings. The number of ether oxygens (including phenoxy) is 1. The third-order valence-corrected chi connectivity index (χ3v) is 2.70. The van der Waals surface area contributed by atoms with Gasteiger partial charge in [-0.15, -0.1) is 0 Å². The maximum Gasteiger partial charge on any atom is 0.142 e. The number of rotatable bonds is 3. The van der Waals surface area contributed by atoms with Crippen molar-refractivity contribution in [1.82, 2.24) is 15.3 Å². The van der Waals surface area contributed by atoms with Crippen LogP contribution >= 0.6 is 0 Å². The third kappa shape index (κ3) is 2.73. The fraction of sp³-hybridized carbons (Fsp3) is 0.636. The monoisotopic (exact) mass is 207 g/mol. The summed E-state index contributed by atoms with van der Waals surface area (Å²) in [5.41, 5.74) is 1.17. The number of hydrogen-bond acceptors (Lipinski definition) is 4. The largest absolute Gasteiger partial charge is 0.381 e. The first-order chi connectivity index (χ1) is 7.40.